The van der Waals surface area contributed by atoms with Crippen LogP contribution in [0.4, 0.5) is 0 Å². The van der Waals surface area contributed by atoms with E-state index in [0.29, 0.717) is 29.5 Å². The van der Waals surface area contributed by atoms with E-state index in [-0.39, 0.29) is 24.2 Å². The zero-order valence-electron chi connectivity index (χ0n) is 15.0. The van der Waals surface area contributed by atoms with Crippen LogP contribution in [-0.4, -0.2) is 22.9 Å². The van der Waals surface area contributed by atoms with E-state index in [1.807, 2.05) is 42.5 Å². The molecule has 4 N–H and O–H groups in total. The molecule has 0 aliphatic carbocycles. The number of aliphatic carboxylic acids is 1. The Bertz CT molecular complexity index is 779. The number of allylic oxidation sites excluding steroid dienone is 1. The second-order valence-corrected chi connectivity index (χ2v) is 6.45. The third-order valence-corrected chi connectivity index (χ3v) is 4.13. The van der Waals surface area contributed by atoms with Crippen molar-refractivity contribution in [1.29, 1.82) is 0 Å². The number of rotatable bonds is 7. The minimum atomic E-state index is -0.877. The Morgan fingerprint density at radius 3 is 2.00 bits per heavy atom. The van der Waals surface area contributed by atoms with Crippen LogP contribution in [0.15, 0.2) is 65.7 Å². The molecule has 4 nitrogen and oxygen atoms in total. The average Bonchev–Trinajstić information content (AvgIpc) is 2.60. The molecule has 2 aromatic rings. The monoisotopic (exact) mass is 373 g/mol. The molecule has 0 saturated heterocycles. The molecule has 0 bridgehead atoms. The minimum Gasteiger partial charge on any atom is -1.00 e. The fourth-order valence-corrected chi connectivity index (χ4v) is 2.75. The van der Waals surface area contributed by atoms with Gasteiger partial charge in [-0.3, -0.25) is 4.79 Å². The van der Waals surface area contributed by atoms with Gasteiger partial charge in [0.25, 0.3) is 0 Å². The first-order valence-electron chi connectivity index (χ1n) is 8.30. The second kappa shape index (κ2) is 9.90. The maximum absolute atomic E-state index is 12.4. The topological polar surface area (TPSA) is 82.0 Å². The summed E-state index contributed by atoms with van der Waals surface area (Å²) in [6.07, 6.45) is 1.10. The van der Waals surface area contributed by atoms with Crippen LogP contribution in [-0.2, 0) is 11.2 Å². The van der Waals surface area contributed by atoms with E-state index < -0.39 is 5.97 Å². The zero-order valence-corrected chi connectivity index (χ0v) is 15.8. The quantitative estimate of drug-likeness (QED) is 0.524. The highest BCUT2D eigenvalue weighted by Gasteiger charge is 2.17. The van der Waals surface area contributed by atoms with Gasteiger partial charge in [-0.05, 0) is 19.4 Å². The molecule has 2 rings (SSSR count). The lowest BCUT2D eigenvalue weighted by Gasteiger charge is -2.11. The average molecular weight is 374 g/mol. The first-order valence-corrected chi connectivity index (χ1v) is 8.30. The van der Waals surface area contributed by atoms with Crippen LogP contribution in [0.5, 0.6) is 0 Å². The minimum absolute atomic E-state index is 0. The summed E-state index contributed by atoms with van der Waals surface area (Å²) in [6, 6.07) is 16.6. The highest BCUT2D eigenvalue weighted by Crippen LogP contribution is 2.15. The van der Waals surface area contributed by atoms with E-state index in [2.05, 4.69) is 5.73 Å². The third kappa shape index (κ3) is 5.83. The Balaban J connectivity index is 0.00000338. The number of hydrogen-bond donors (Lipinski definition) is 2. The number of carboxylic acids is 1. The fourth-order valence-electron chi connectivity index (χ4n) is 2.75. The lowest BCUT2D eigenvalue weighted by atomic mass is 9.96. The van der Waals surface area contributed by atoms with Crippen molar-refractivity contribution in [2.24, 2.45) is 0 Å². The molecule has 26 heavy (non-hydrogen) atoms. The summed E-state index contributed by atoms with van der Waals surface area (Å²) in [6.45, 7) is 3.61. The fraction of sp³-hybridized carbons (Fsp3) is 0.238. The maximum atomic E-state index is 12.4. The molecular formula is C21H24ClNO3. The van der Waals surface area contributed by atoms with Crippen molar-refractivity contribution in [2.45, 2.75) is 32.7 Å². The summed E-state index contributed by atoms with van der Waals surface area (Å²) in [5.41, 5.74) is 7.67. The van der Waals surface area contributed by atoms with Gasteiger partial charge in [-0.15, -0.1) is 0 Å². The molecule has 0 spiro atoms. The Kier molecular flexibility index (Phi) is 8.23. The smallest absolute Gasteiger partial charge is 0.331 e. The summed E-state index contributed by atoms with van der Waals surface area (Å²) < 4.78 is 0. The van der Waals surface area contributed by atoms with Crippen LogP contribution >= 0.6 is 0 Å². The molecule has 0 aromatic heterocycles. The molecular weight excluding hydrogens is 350 g/mol. The van der Waals surface area contributed by atoms with E-state index in [9.17, 15) is 14.7 Å². The molecule has 0 fully saturated rings. The van der Waals surface area contributed by atoms with Gasteiger partial charge in [0.2, 0.25) is 0 Å². The van der Waals surface area contributed by atoms with Crippen molar-refractivity contribution in [1.82, 2.24) is 0 Å². The van der Waals surface area contributed by atoms with Gasteiger partial charge in [0, 0.05) is 29.5 Å². The molecule has 0 radical (unpaired) electrons. The van der Waals surface area contributed by atoms with Crippen LogP contribution in [0.25, 0.3) is 0 Å². The summed E-state index contributed by atoms with van der Waals surface area (Å²) >= 11 is 0. The van der Waals surface area contributed by atoms with Gasteiger partial charge in [-0.1, -0.05) is 60.2 Å². The molecule has 0 saturated carbocycles. The number of quaternary nitrogens is 1. The first-order chi connectivity index (χ1) is 11.9. The highest BCUT2D eigenvalue weighted by atomic mass is 35.5. The summed E-state index contributed by atoms with van der Waals surface area (Å²) in [7, 11) is 0. The number of carbonyl (C=O) groups excluding carboxylic acids is 1. The molecule has 2 aromatic carbocycles. The predicted octanol–water partition coefficient (Wildman–Crippen LogP) is -0.114. The zero-order chi connectivity index (χ0) is 18.4. The van der Waals surface area contributed by atoms with Gasteiger partial charge < -0.3 is 23.2 Å². The van der Waals surface area contributed by atoms with Crippen LogP contribution in [0.2, 0.25) is 0 Å². The van der Waals surface area contributed by atoms with Gasteiger partial charge in [0.05, 0.1) is 6.04 Å². The predicted molar refractivity (Wildman–Crippen MR) is 97.3 cm³/mol. The van der Waals surface area contributed by atoms with Crippen LogP contribution < -0.4 is 18.1 Å². The van der Waals surface area contributed by atoms with E-state index in [1.165, 1.54) is 0 Å². The molecule has 138 valence electrons. The van der Waals surface area contributed by atoms with Crippen molar-refractivity contribution < 1.29 is 32.8 Å². The summed E-state index contributed by atoms with van der Waals surface area (Å²) in [5.74, 6) is -0.881. The lowest BCUT2D eigenvalue weighted by Crippen LogP contribution is -3.00. The van der Waals surface area contributed by atoms with Crippen molar-refractivity contribution >= 4 is 11.8 Å². The maximum Gasteiger partial charge on any atom is 0.331 e. The Morgan fingerprint density at radius 2 is 1.50 bits per heavy atom. The number of hydrogen-bond acceptors (Lipinski definition) is 2. The van der Waals surface area contributed by atoms with Crippen molar-refractivity contribution in [3.8, 4) is 0 Å². The number of carboxylic acid groups (broad SMARTS) is 1. The third-order valence-electron chi connectivity index (χ3n) is 4.13. The first kappa shape index (κ1) is 21.6. The summed E-state index contributed by atoms with van der Waals surface area (Å²) in [4.78, 5) is 23.7. The van der Waals surface area contributed by atoms with Crippen LogP contribution in [0, 0.1) is 0 Å². The summed E-state index contributed by atoms with van der Waals surface area (Å²) in [5, 5.41) is 9.24. The van der Waals surface area contributed by atoms with Gasteiger partial charge in [-0.2, -0.15) is 0 Å². The van der Waals surface area contributed by atoms with Gasteiger partial charge in [-0.25, -0.2) is 4.79 Å². The molecule has 1 atom stereocenters. The highest BCUT2D eigenvalue weighted by molar-refractivity contribution is 6.08. The van der Waals surface area contributed by atoms with Crippen molar-refractivity contribution in [3.05, 3.63) is 82.4 Å². The Hall–Kier alpha value is -2.43. The Morgan fingerprint density at radius 1 is 0.962 bits per heavy atom. The number of halogens is 1. The molecule has 1 unspecified atom stereocenters. The van der Waals surface area contributed by atoms with Gasteiger partial charge in [0.1, 0.15) is 0 Å². The largest absolute Gasteiger partial charge is 1.00 e. The van der Waals surface area contributed by atoms with Crippen LogP contribution in [0.1, 0.15) is 41.8 Å². The van der Waals surface area contributed by atoms with E-state index in [0.717, 1.165) is 11.1 Å². The van der Waals surface area contributed by atoms with E-state index >= 15 is 0 Å². The molecule has 5 heteroatoms. The molecule has 0 aliphatic heterocycles. The number of carbonyl (C=O) groups is 2. The van der Waals surface area contributed by atoms with Gasteiger partial charge >= 0.3 is 5.97 Å². The second-order valence-electron chi connectivity index (χ2n) is 6.45. The Labute approximate surface area is 160 Å². The number of benzene rings is 2. The van der Waals surface area contributed by atoms with Crippen LogP contribution in [0.3, 0.4) is 0 Å². The molecule has 0 amide bonds. The van der Waals surface area contributed by atoms with Crippen molar-refractivity contribution in [2.75, 3.05) is 0 Å². The normalized spacial score (nSPS) is 11.2. The van der Waals surface area contributed by atoms with E-state index in [4.69, 9.17) is 0 Å². The van der Waals surface area contributed by atoms with Crippen molar-refractivity contribution in [3.63, 3.8) is 0 Å². The van der Waals surface area contributed by atoms with E-state index in [1.54, 1.807) is 26.0 Å². The lowest BCUT2D eigenvalue weighted by molar-refractivity contribution is -0.418. The molecule has 0 heterocycles. The standard InChI is InChI=1S/C21H23NO3.ClH/c1-14(2)19(21(24)25)13-18(22)12-15-8-10-17(11-9-15)20(23)16-6-4-3-5-7-16;/h3-11,18H,12-13,22H2,1-2H3,(H,24,25);1H. The van der Waals surface area contributed by atoms with Gasteiger partial charge in [0.15, 0.2) is 5.78 Å². The molecule has 0 aliphatic rings. The number of ketones is 1. The SMILES string of the molecule is CC(C)=C(CC([NH3+])Cc1ccc(C(=O)c2ccccc2)cc1)C(=O)O.[Cl-].